The molecule has 0 heterocycles. The van der Waals surface area contributed by atoms with Gasteiger partial charge in [0.1, 0.15) is 0 Å². The van der Waals surface area contributed by atoms with Gasteiger partial charge in [0.05, 0.1) is 0 Å². The molecule has 0 atom stereocenters. The summed E-state index contributed by atoms with van der Waals surface area (Å²) >= 11 is -0.483. The van der Waals surface area contributed by atoms with Gasteiger partial charge in [0.15, 0.2) is 0 Å². The van der Waals surface area contributed by atoms with E-state index in [9.17, 15) is 8.42 Å². The van der Waals surface area contributed by atoms with E-state index in [1.807, 2.05) is 48.5 Å². The van der Waals surface area contributed by atoms with Crippen molar-refractivity contribution in [2.45, 2.75) is 111 Å². The molecule has 0 saturated carbocycles. The summed E-state index contributed by atoms with van der Waals surface area (Å²) < 4.78 is 27.9. The Kier molecular flexibility index (Phi) is 14.1. The van der Waals surface area contributed by atoms with Crippen molar-refractivity contribution in [1.82, 2.24) is 0 Å². The maximum atomic E-state index is 11.1. The van der Waals surface area contributed by atoms with Crippen LogP contribution in [0.4, 0.5) is 5.69 Å². The van der Waals surface area contributed by atoms with Crippen molar-refractivity contribution in [3.63, 3.8) is 0 Å². The molecule has 0 fully saturated rings. The average molecular weight is 794 g/mol. The molecule has 0 aliphatic carbocycles. The zero-order valence-electron chi connectivity index (χ0n) is 31.8. The normalized spacial score (nSPS) is 12.6. The molecule has 4 aromatic rings. The molecule has 7 heteroatoms. The number of hydrogen-bond acceptors (Lipinski definition) is 4. The Balaban J connectivity index is 0.000000293. The molecule has 2 N–H and O–H groups in total. The van der Waals surface area contributed by atoms with Crippen LogP contribution >= 0.6 is 7.92 Å². The Morgan fingerprint density at radius 1 is 0.653 bits per heavy atom. The predicted molar refractivity (Wildman–Crippen MR) is 212 cm³/mol. The van der Waals surface area contributed by atoms with E-state index in [0.717, 1.165) is 21.4 Å². The molecule has 49 heavy (non-hydrogen) atoms. The van der Waals surface area contributed by atoms with Crippen molar-refractivity contribution in [3.8, 4) is 22.3 Å². The molecule has 0 radical (unpaired) electrons. The molecule has 270 valence electrons. The van der Waals surface area contributed by atoms with Crippen LogP contribution in [0.1, 0.15) is 118 Å². The molecule has 0 aliphatic rings. The average Bonchev–Trinajstić information content (AvgIpc) is 2.98. The number of nitrogens with two attached hydrogens (primary N) is 1. The second kappa shape index (κ2) is 16.8. The maximum absolute atomic E-state index is 11.1. The minimum absolute atomic E-state index is 0.248. The van der Waals surface area contributed by atoms with Crippen molar-refractivity contribution >= 4 is 33.1 Å². The number of hydrogen-bond donors (Lipinski definition) is 1. The zero-order valence-corrected chi connectivity index (χ0v) is 35.1. The first kappa shape index (κ1) is 41.1. The Bertz CT molecular complexity index is 1780. The molecule has 0 spiro atoms. The molecule has 4 nitrogen and oxygen atoms in total. The van der Waals surface area contributed by atoms with Crippen molar-refractivity contribution in [2.24, 2.45) is 0 Å². The van der Waals surface area contributed by atoms with Gasteiger partial charge in [-0.1, -0.05) is 127 Å². The number of anilines is 1. The molecule has 0 saturated heterocycles. The Morgan fingerprint density at radius 3 is 1.55 bits per heavy atom. The first-order valence-electron chi connectivity index (χ1n) is 17.1. The fourth-order valence-electron chi connectivity index (χ4n) is 6.41. The van der Waals surface area contributed by atoms with E-state index in [2.05, 4.69) is 119 Å². The molecule has 0 amide bonds. The van der Waals surface area contributed by atoms with Gasteiger partial charge in [0.25, 0.3) is 0 Å². The van der Waals surface area contributed by atoms with Gasteiger partial charge in [-0.15, -0.1) is 0 Å². The van der Waals surface area contributed by atoms with Crippen LogP contribution in [0.2, 0.25) is 0 Å². The monoisotopic (exact) mass is 793 g/mol. The van der Waals surface area contributed by atoms with Crippen LogP contribution < -0.4 is 15.1 Å². The van der Waals surface area contributed by atoms with E-state index < -0.39 is 28.5 Å². The van der Waals surface area contributed by atoms with Gasteiger partial charge in [-0.25, -0.2) is 0 Å². The van der Waals surface area contributed by atoms with Crippen LogP contribution in [0.15, 0.2) is 84.9 Å². The number of para-hydroxylation sites is 1. The third kappa shape index (κ3) is 11.1. The van der Waals surface area contributed by atoms with E-state index in [-0.39, 0.29) is 18.2 Å². The van der Waals surface area contributed by atoms with Gasteiger partial charge >= 0.3 is 121 Å². The predicted octanol–water partition coefficient (Wildman–Crippen LogP) is 11.0. The summed E-state index contributed by atoms with van der Waals surface area (Å²) in [5.74, 6) is 1.55. The fraction of sp³-hybridized carbons (Fsp3) is 0.429. The first-order valence-corrected chi connectivity index (χ1v) is 21.7. The number of benzene rings is 4. The third-order valence-electron chi connectivity index (χ3n) is 8.18. The molecule has 0 unspecified atom stereocenters. The van der Waals surface area contributed by atoms with Gasteiger partial charge in [-0.3, -0.25) is 0 Å². The van der Waals surface area contributed by atoms with Crippen LogP contribution in [0, 0.1) is 0 Å². The summed E-state index contributed by atoms with van der Waals surface area (Å²) in [6.07, 6.45) is 1.05. The van der Waals surface area contributed by atoms with Gasteiger partial charge in [-0.2, -0.15) is 0 Å². The van der Waals surface area contributed by atoms with E-state index >= 15 is 0 Å². The van der Waals surface area contributed by atoms with Crippen molar-refractivity contribution in [2.75, 3.05) is 12.0 Å². The zero-order chi connectivity index (χ0) is 36.9. The standard InChI is InChI=1S/C29H45P.C12H10N.CH4O3S.Pd/c1-19(2)22-17-24(20(3)4)27(25(18-22)21(5)6)23-15-13-14-16-26(23)30(28(7,8)9)29(10,11)12;13-12-9-5-4-8-11(12)10-6-2-1-3-7-10;1-5(2,3)4;/h13-21H,1-12H3;1-6,8-9H,13H2;1H3,(H,2,3,4);/q;;;+1/p-1. The summed E-state index contributed by atoms with van der Waals surface area (Å²) in [6.45, 7) is 28.6. The summed E-state index contributed by atoms with van der Waals surface area (Å²) in [6, 6.07) is 29.2. The minimum atomic E-state index is -3.44. The van der Waals surface area contributed by atoms with Crippen LogP contribution in [0.25, 0.3) is 22.3 Å². The van der Waals surface area contributed by atoms with Crippen LogP contribution in [-0.4, -0.2) is 25.0 Å². The summed E-state index contributed by atoms with van der Waals surface area (Å²) in [5, 5.41) is 2.06. The Hall–Kier alpha value is -2.32. The van der Waals surface area contributed by atoms with Crippen molar-refractivity contribution in [1.29, 1.82) is 0 Å². The summed E-state index contributed by atoms with van der Waals surface area (Å²) in [4.78, 5) is 0. The van der Waals surface area contributed by atoms with E-state index in [1.165, 1.54) is 27.8 Å². The molecule has 4 rings (SSSR count). The van der Waals surface area contributed by atoms with Gasteiger partial charge < -0.3 is 0 Å². The molecule has 0 aliphatic heterocycles. The third-order valence-corrected chi connectivity index (χ3v) is 14.8. The first-order chi connectivity index (χ1) is 22.6. The number of rotatable bonds is 9. The van der Waals surface area contributed by atoms with Gasteiger partial charge in [0.2, 0.25) is 0 Å². The molecule has 0 bridgehead atoms. The Morgan fingerprint density at radius 2 is 1.10 bits per heavy atom. The van der Waals surface area contributed by atoms with Crippen LogP contribution in [0.3, 0.4) is 0 Å². The van der Waals surface area contributed by atoms with E-state index in [4.69, 9.17) is 8.64 Å². The molecular formula is C42H58NO3PPdS. The summed E-state index contributed by atoms with van der Waals surface area (Å²) in [5.41, 5.74) is 15.8. The number of nitrogen functional groups attached to an aromatic ring is 1. The van der Waals surface area contributed by atoms with Gasteiger partial charge in [0, 0.05) is 0 Å². The quantitative estimate of drug-likeness (QED) is 0.104. The Labute approximate surface area is 308 Å². The SMILES string of the molecule is CC(C)c1cc(C(C)C)c(-c2ccccc2P(C(C)(C)C)C(C)(C)C)c(C(C)C)c1.CS(=O)(=O)[O][Pd][c]1ccccc1-c1ccccc1N. The second-order valence-electron chi connectivity index (χ2n) is 15.6. The van der Waals surface area contributed by atoms with Crippen molar-refractivity contribution < 1.29 is 29.7 Å². The second-order valence-corrected chi connectivity index (χ2v) is 22.9. The van der Waals surface area contributed by atoms with Crippen LogP contribution in [0.5, 0.6) is 0 Å². The van der Waals surface area contributed by atoms with Crippen molar-refractivity contribution in [3.05, 3.63) is 102 Å². The van der Waals surface area contributed by atoms with Gasteiger partial charge in [-0.05, 0) is 61.2 Å². The van der Waals surface area contributed by atoms with E-state index in [1.54, 1.807) is 5.30 Å². The van der Waals surface area contributed by atoms with Crippen LogP contribution in [-0.2, 0) is 31.4 Å². The fourth-order valence-corrected chi connectivity index (χ4v) is 12.6. The molecular weight excluding hydrogens is 736 g/mol. The van der Waals surface area contributed by atoms with E-state index in [0.29, 0.717) is 23.4 Å². The topological polar surface area (TPSA) is 69.4 Å². The summed E-state index contributed by atoms with van der Waals surface area (Å²) in [7, 11) is -3.81. The molecule has 0 aromatic heterocycles. The molecule has 4 aromatic carbocycles.